The summed E-state index contributed by atoms with van der Waals surface area (Å²) in [5.74, 6) is 0.589. The first kappa shape index (κ1) is 14.8. The first-order chi connectivity index (χ1) is 9.51. The number of primary amides is 1. The molecule has 1 aromatic rings. The molecule has 1 fully saturated rings. The number of benzene rings is 1. The van der Waals surface area contributed by atoms with Crippen molar-refractivity contribution in [2.24, 2.45) is 16.9 Å². The number of ether oxygens (including phenoxy) is 1. The van der Waals surface area contributed by atoms with E-state index in [1.807, 2.05) is 31.2 Å². The predicted octanol–water partition coefficient (Wildman–Crippen LogP) is 0.892. The fourth-order valence-corrected chi connectivity index (χ4v) is 2.88. The van der Waals surface area contributed by atoms with Crippen LogP contribution in [0.25, 0.3) is 0 Å². The molecule has 0 aliphatic carbocycles. The van der Waals surface area contributed by atoms with Crippen molar-refractivity contribution in [2.45, 2.75) is 19.4 Å². The van der Waals surface area contributed by atoms with Gasteiger partial charge in [0.1, 0.15) is 5.75 Å². The molecular weight excluding hydrogens is 254 g/mol. The van der Waals surface area contributed by atoms with Crippen molar-refractivity contribution in [3.8, 4) is 5.75 Å². The van der Waals surface area contributed by atoms with E-state index in [4.69, 9.17) is 16.2 Å². The van der Waals surface area contributed by atoms with Crippen molar-refractivity contribution in [1.29, 1.82) is 0 Å². The van der Waals surface area contributed by atoms with Crippen molar-refractivity contribution >= 4 is 5.91 Å². The molecule has 0 bridgehead atoms. The van der Waals surface area contributed by atoms with Gasteiger partial charge in [-0.3, -0.25) is 9.69 Å². The second kappa shape index (κ2) is 5.81. The van der Waals surface area contributed by atoms with E-state index in [2.05, 4.69) is 4.90 Å². The fourth-order valence-electron chi connectivity index (χ4n) is 2.88. The summed E-state index contributed by atoms with van der Waals surface area (Å²) in [6.45, 7) is 3.86. The van der Waals surface area contributed by atoms with Crippen LogP contribution >= 0.6 is 0 Å². The van der Waals surface area contributed by atoms with Crippen molar-refractivity contribution < 1.29 is 9.53 Å². The molecule has 1 aromatic carbocycles. The Morgan fingerprint density at radius 1 is 1.50 bits per heavy atom. The maximum Gasteiger partial charge on any atom is 0.224 e. The lowest BCUT2D eigenvalue weighted by Crippen LogP contribution is -2.39. The van der Waals surface area contributed by atoms with Crippen LogP contribution in [-0.4, -0.2) is 37.6 Å². The van der Waals surface area contributed by atoms with Crippen LogP contribution in [0.1, 0.15) is 24.9 Å². The van der Waals surface area contributed by atoms with E-state index in [9.17, 15) is 4.79 Å². The highest BCUT2D eigenvalue weighted by Gasteiger charge is 2.41. The summed E-state index contributed by atoms with van der Waals surface area (Å²) >= 11 is 0. The van der Waals surface area contributed by atoms with Gasteiger partial charge in [-0.05, 0) is 26.0 Å². The first-order valence-corrected chi connectivity index (χ1v) is 6.89. The smallest absolute Gasteiger partial charge is 0.224 e. The zero-order chi connectivity index (χ0) is 14.8. The van der Waals surface area contributed by atoms with Crippen LogP contribution in [-0.2, 0) is 4.79 Å². The lowest BCUT2D eigenvalue weighted by molar-refractivity contribution is -0.126. The Morgan fingerprint density at radius 2 is 2.20 bits per heavy atom. The van der Waals surface area contributed by atoms with E-state index in [0.29, 0.717) is 13.1 Å². The van der Waals surface area contributed by atoms with Crippen molar-refractivity contribution in [2.75, 3.05) is 26.7 Å². The number of rotatable bonds is 5. The molecule has 1 heterocycles. The van der Waals surface area contributed by atoms with E-state index in [0.717, 1.165) is 24.3 Å². The molecule has 0 saturated carbocycles. The number of nitrogens with zero attached hydrogens (tertiary/aromatic N) is 1. The highest BCUT2D eigenvalue weighted by Crippen LogP contribution is 2.37. The van der Waals surface area contributed by atoms with Crippen LogP contribution < -0.4 is 16.2 Å². The molecular formula is C15H23N3O2. The van der Waals surface area contributed by atoms with Gasteiger partial charge in [-0.25, -0.2) is 0 Å². The summed E-state index contributed by atoms with van der Waals surface area (Å²) in [6.07, 6.45) is 0.772. The molecule has 2 unspecified atom stereocenters. The van der Waals surface area contributed by atoms with Gasteiger partial charge in [-0.2, -0.15) is 0 Å². The summed E-state index contributed by atoms with van der Waals surface area (Å²) in [5, 5.41) is 0. The number of amides is 1. The third-order valence-electron chi connectivity index (χ3n) is 4.26. The minimum atomic E-state index is -0.463. The predicted molar refractivity (Wildman–Crippen MR) is 78.3 cm³/mol. The summed E-state index contributed by atoms with van der Waals surface area (Å²) in [6, 6.07) is 7.92. The molecule has 110 valence electrons. The summed E-state index contributed by atoms with van der Waals surface area (Å²) in [7, 11) is 1.66. The van der Waals surface area contributed by atoms with Crippen LogP contribution in [0.3, 0.4) is 0 Å². The van der Waals surface area contributed by atoms with E-state index >= 15 is 0 Å². The number of carbonyl (C=O) groups is 1. The Balaban J connectivity index is 2.24. The Kier molecular flexibility index (Phi) is 4.30. The van der Waals surface area contributed by atoms with Crippen LogP contribution in [0.5, 0.6) is 5.75 Å². The first-order valence-electron chi connectivity index (χ1n) is 6.89. The number of para-hydroxylation sites is 1. The molecule has 5 heteroatoms. The van der Waals surface area contributed by atoms with Crippen LogP contribution in [0.4, 0.5) is 0 Å². The van der Waals surface area contributed by atoms with Crippen molar-refractivity contribution in [1.82, 2.24) is 4.90 Å². The van der Waals surface area contributed by atoms with Crippen molar-refractivity contribution in [3.05, 3.63) is 29.8 Å². The van der Waals surface area contributed by atoms with Gasteiger partial charge in [-0.1, -0.05) is 18.2 Å². The fraction of sp³-hybridized carbons (Fsp3) is 0.533. The highest BCUT2D eigenvalue weighted by atomic mass is 16.5. The lowest BCUT2D eigenvalue weighted by atomic mass is 9.89. The van der Waals surface area contributed by atoms with Gasteiger partial charge in [0.05, 0.1) is 18.6 Å². The molecule has 1 saturated heterocycles. The number of hydrogen-bond acceptors (Lipinski definition) is 4. The molecule has 0 spiro atoms. The largest absolute Gasteiger partial charge is 0.496 e. The molecule has 0 radical (unpaired) electrons. The maximum absolute atomic E-state index is 11.6. The summed E-state index contributed by atoms with van der Waals surface area (Å²) < 4.78 is 5.41. The van der Waals surface area contributed by atoms with E-state index < -0.39 is 5.41 Å². The third kappa shape index (κ3) is 2.64. The molecule has 1 amide bonds. The monoisotopic (exact) mass is 277 g/mol. The lowest BCUT2D eigenvalue weighted by Gasteiger charge is -2.29. The van der Waals surface area contributed by atoms with Crippen molar-refractivity contribution in [3.63, 3.8) is 0 Å². The zero-order valence-electron chi connectivity index (χ0n) is 12.1. The van der Waals surface area contributed by atoms with Gasteiger partial charge < -0.3 is 16.2 Å². The maximum atomic E-state index is 11.6. The topological polar surface area (TPSA) is 81.6 Å². The van der Waals surface area contributed by atoms with Gasteiger partial charge >= 0.3 is 0 Å². The number of likely N-dealkylation sites (tertiary alicyclic amines) is 1. The Hall–Kier alpha value is -1.59. The van der Waals surface area contributed by atoms with Gasteiger partial charge in [0.15, 0.2) is 0 Å². The number of hydrogen-bond donors (Lipinski definition) is 2. The number of nitrogens with two attached hydrogens (primary N) is 2. The number of carbonyl (C=O) groups excluding carboxylic acids is 1. The standard InChI is InChI=1S/C15H23N3O2/c1-15(14(17)19)7-8-18(10-15)12(9-16)11-5-3-4-6-13(11)20-2/h3-6,12H,7-10,16H2,1-2H3,(H2,17,19). The Bertz CT molecular complexity index is 492. The van der Waals surface area contributed by atoms with Gasteiger partial charge in [0.25, 0.3) is 0 Å². The van der Waals surface area contributed by atoms with E-state index in [-0.39, 0.29) is 11.9 Å². The number of methoxy groups -OCH3 is 1. The average Bonchev–Trinajstić information content (AvgIpc) is 2.84. The molecule has 1 aliphatic rings. The van der Waals surface area contributed by atoms with E-state index in [1.54, 1.807) is 7.11 Å². The van der Waals surface area contributed by atoms with E-state index in [1.165, 1.54) is 0 Å². The SMILES string of the molecule is COc1ccccc1C(CN)N1CCC(C)(C(N)=O)C1. The Morgan fingerprint density at radius 3 is 2.75 bits per heavy atom. The Labute approximate surface area is 119 Å². The summed E-state index contributed by atoms with van der Waals surface area (Å²) in [4.78, 5) is 13.8. The minimum Gasteiger partial charge on any atom is -0.496 e. The second-order valence-corrected chi connectivity index (χ2v) is 5.64. The summed E-state index contributed by atoms with van der Waals surface area (Å²) in [5.41, 5.74) is 12.1. The molecule has 5 nitrogen and oxygen atoms in total. The van der Waals surface area contributed by atoms with Crippen LogP contribution in [0, 0.1) is 5.41 Å². The molecule has 4 N–H and O–H groups in total. The molecule has 20 heavy (non-hydrogen) atoms. The van der Waals surface area contributed by atoms with Gasteiger partial charge in [0.2, 0.25) is 5.91 Å². The normalized spacial score (nSPS) is 24.6. The minimum absolute atomic E-state index is 0.0484. The molecule has 2 atom stereocenters. The zero-order valence-corrected chi connectivity index (χ0v) is 12.1. The quantitative estimate of drug-likeness (QED) is 0.837. The second-order valence-electron chi connectivity index (χ2n) is 5.64. The molecule has 1 aliphatic heterocycles. The molecule has 2 rings (SSSR count). The van der Waals surface area contributed by atoms with Gasteiger partial charge in [-0.15, -0.1) is 0 Å². The third-order valence-corrected chi connectivity index (χ3v) is 4.26. The van der Waals surface area contributed by atoms with Gasteiger partial charge in [0, 0.05) is 18.7 Å². The highest BCUT2D eigenvalue weighted by molar-refractivity contribution is 5.81. The van der Waals surface area contributed by atoms with Crippen LogP contribution in [0.15, 0.2) is 24.3 Å². The molecule has 0 aromatic heterocycles. The van der Waals surface area contributed by atoms with Crippen LogP contribution in [0.2, 0.25) is 0 Å². The average molecular weight is 277 g/mol.